The topological polar surface area (TPSA) is 32.7 Å². The molecule has 0 radical (unpaired) electrons. The number of rotatable bonds is 3. The predicted octanol–water partition coefficient (Wildman–Crippen LogP) is 1.70. The average molecular weight is 195 g/mol. The Bertz CT molecular complexity index is 300. The predicted molar refractivity (Wildman–Crippen MR) is 58.0 cm³/mol. The molecule has 1 aromatic rings. The summed E-state index contributed by atoms with van der Waals surface area (Å²) in [5, 5.41) is 8.99. The van der Waals surface area contributed by atoms with Crippen molar-refractivity contribution in [2.24, 2.45) is 0 Å². The molecule has 0 aliphatic heterocycles. The number of nitrogens with zero attached hydrogens (tertiary/aromatic N) is 1. The largest absolute Gasteiger partial charge is 0.496 e. The van der Waals surface area contributed by atoms with Crippen LogP contribution in [0, 0.1) is 13.8 Å². The Morgan fingerprint density at radius 2 is 1.79 bits per heavy atom. The molecule has 3 heteroatoms. The highest BCUT2D eigenvalue weighted by atomic mass is 16.5. The molecule has 78 valence electrons. The lowest BCUT2D eigenvalue weighted by Crippen LogP contribution is -2.18. The first-order valence-electron chi connectivity index (χ1n) is 4.57. The van der Waals surface area contributed by atoms with Gasteiger partial charge in [-0.25, -0.2) is 0 Å². The van der Waals surface area contributed by atoms with Gasteiger partial charge in [0.2, 0.25) is 0 Å². The van der Waals surface area contributed by atoms with Crippen LogP contribution in [0.1, 0.15) is 11.1 Å². The van der Waals surface area contributed by atoms with Gasteiger partial charge in [-0.1, -0.05) is 0 Å². The van der Waals surface area contributed by atoms with E-state index >= 15 is 0 Å². The third kappa shape index (κ3) is 1.99. The van der Waals surface area contributed by atoms with Crippen LogP contribution in [0.2, 0.25) is 0 Å². The van der Waals surface area contributed by atoms with Crippen molar-refractivity contribution in [2.75, 3.05) is 25.8 Å². The number of methoxy groups -OCH3 is 1. The number of aryl methyl sites for hydroxylation is 2. The van der Waals surface area contributed by atoms with E-state index in [9.17, 15) is 0 Å². The van der Waals surface area contributed by atoms with Crippen LogP contribution in [0.25, 0.3) is 0 Å². The highest BCUT2D eigenvalue weighted by Crippen LogP contribution is 2.27. The molecule has 0 aromatic heterocycles. The maximum Gasteiger partial charge on any atom is 0.124 e. The Balaban J connectivity index is 3.13. The molecule has 0 amide bonds. The fourth-order valence-corrected chi connectivity index (χ4v) is 1.55. The molecule has 0 aliphatic rings. The van der Waals surface area contributed by atoms with Gasteiger partial charge in [-0.2, -0.15) is 0 Å². The van der Waals surface area contributed by atoms with Crippen LogP contribution in [0.15, 0.2) is 12.1 Å². The number of hydrogen-bond acceptors (Lipinski definition) is 3. The van der Waals surface area contributed by atoms with E-state index in [1.807, 2.05) is 33.0 Å². The van der Waals surface area contributed by atoms with Gasteiger partial charge in [0.1, 0.15) is 12.5 Å². The Morgan fingerprint density at radius 1 is 1.29 bits per heavy atom. The zero-order chi connectivity index (χ0) is 10.7. The van der Waals surface area contributed by atoms with Crippen LogP contribution in [-0.4, -0.2) is 26.0 Å². The second-order valence-electron chi connectivity index (χ2n) is 3.45. The fourth-order valence-electron chi connectivity index (χ4n) is 1.55. The van der Waals surface area contributed by atoms with Crippen LogP contribution in [-0.2, 0) is 0 Å². The quantitative estimate of drug-likeness (QED) is 0.745. The molecule has 0 saturated carbocycles. The smallest absolute Gasteiger partial charge is 0.124 e. The molecular formula is C11H17NO2. The van der Waals surface area contributed by atoms with Crippen LogP contribution in [0.3, 0.4) is 0 Å². The van der Waals surface area contributed by atoms with Gasteiger partial charge >= 0.3 is 0 Å². The van der Waals surface area contributed by atoms with Crippen molar-refractivity contribution < 1.29 is 9.84 Å². The molecule has 0 heterocycles. The number of anilines is 1. The van der Waals surface area contributed by atoms with E-state index in [2.05, 4.69) is 0 Å². The molecule has 0 aliphatic carbocycles. The maximum absolute atomic E-state index is 8.99. The Kier molecular flexibility index (Phi) is 3.36. The Morgan fingerprint density at radius 3 is 2.14 bits per heavy atom. The van der Waals surface area contributed by atoms with Crippen molar-refractivity contribution in [1.29, 1.82) is 0 Å². The van der Waals surface area contributed by atoms with E-state index in [0.29, 0.717) is 0 Å². The van der Waals surface area contributed by atoms with Crippen molar-refractivity contribution in [3.63, 3.8) is 0 Å². The minimum atomic E-state index is 0.0191. The molecule has 0 fully saturated rings. The van der Waals surface area contributed by atoms with E-state index in [4.69, 9.17) is 9.84 Å². The van der Waals surface area contributed by atoms with Crippen LogP contribution < -0.4 is 9.64 Å². The van der Waals surface area contributed by atoms with Crippen molar-refractivity contribution in [2.45, 2.75) is 13.8 Å². The minimum Gasteiger partial charge on any atom is -0.496 e. The molecule has 1 rings (SSSR count). The lowest BCUT2D eigenvalue weighted by molar-refractivity contribution is 0.298. The number of aliphatic hydroxyl groups excluding tert-OH is 1. The van der Waals surface area contributed by atoms with E-state index in [1.165, 1.54) is 0 Å². The maximum atomic E-state index is 8.99. The monoisotopic (exact) mass is 195 g/mol. The summed E-state index contributed by atoms with van der Waals surface area (Å²) in [5.74, 6) is 0.917. The van der Waals surface area contributed by atoms with E-state index in [1.54, 1.807) is 12.0 Å². The normalized spacial score (nSPS) is 10.1. The summed E-state index contributed by atoms with van der Waals surface area (Å²) < 4.78 is 5.26. The van der Waals surface area contributed by atoms with Crippen molar-refractivity contribution in [3.05, 3.63) is 23.3 Å². The number of benzene rings is 1. The summed E-state index contributed by atoms with van der Waals surface area (Å²) in [6.07, 6.45) is 0. The van der Waals surface area contributed by atoms with Crippen molar-refractivity contribution >= 4 is 5.69 Å². The second kappa shape index (κ2) is 4.33. The molecule has 14 heavy (non-hydrogen) atoms. The summed E-state index contributed by atoms with van der Waals surface area (Å²) in [5.41, 5.74) is 3.17. The molecular weight excluding hydrogens is 178 g/mol. The van der Waals surface area contributed by atoms with Gasteiger partial charge in [-0.3, -0.25) is 0 Å². The van der Waals surface area contributed by atoms with Gasteiger partial charge in [0.15, 0.2) is 0 Å². The van der Waals surface area contributed by atoms with Gasteiger partial charge in [0, 0.05) is 12.7 Å². The third-order valence-corrected chi connectivity index (χ3v) is 2.30. The first kappa shape index (κ1) is 10.9. The van der Waals surface area contributed by atoms with Gasteiger partial charge < -0.3 is 14.7 Å². The molecule has 3 nitrogen and oxygen atoms in total. The highest BCUT2D eigenvalue weighted by Gasteiger charge is 2.07. The minimum absolute atomic E-state index is 0.0191. The molecule has 0 unspecified atom stereocenters. The first-order valence-corrected chi connectivity index (χ1v) is 4.57. The van der Waals surface area contributed by atoms with Crippen LogP contribution in [0.4, 0.5) is 5.69 Å². The van der Waals surface area contributed by atoms with E-state index < -0.39 is 0 Å². The SMILES string of the molecule is COc1c(C)cc(N(C)CO)cc1C. The summed E-state index contributed by atoms with van der Waals surface area (Å²) in [6.45, 7) is 4.02. The van der Waals surface area contributed by atoms with Crippen LogP contribution in [0.5, 0.6) is 5.75 Å². The molecule has 0 saturated heterocycles. The van der Waals surface area contributed by atoms with Gasteiger partial charge in [0.05, 0.1) is 7.11 Å². The molecule has 1 aromatic carbocycles. The Hall–Kier alpha value is -1.22. The second-order valence-corrected chi connectivity index (χ2v) is 3.45. The lowest BCUT2D eigenvalue weighted by Gasteiger charge is -2.19. The number of ether oxygens (including phenoxy) is 1. The van der Waals surface area contributed by atoms with Crippen molar-refractivity contribution in [3.8, 4) is 5.75 Å². The third-order valence-electron chi connectivity index (χ3n) is 2.30. The number of aliphatic hydroxyl groups is 1. The average Bonchev–Trinajstić information content (AvgIpc) is 2.16. The van der Waals surface area contributed by atoms with Crippen molar-refractivity contribution in [1.82, 2.24) is 0 Å². The zero-order valence-corrected chi connectivity index (χ0v) is 9.16. The summed E-state index contributed by atoms with van der Waals surface area (Å²) >= 11 is 0. The van der Waals surface area contributed by atoms with E-state index in [-0.39, 0.29) is 6.73 Å². The number of hydrogen-bond donors (Lipinski definition) is 1. The molecule has 0 spiro atoms. The summed E-state index contributed by atoms with van der Waals surface area (Å²) in [4.78, 5) is 1.78. The summed E-state index contributed by atoms with van der Waals surface area (Å²) in [6, 6.07) is 4.00. The van der Waals surface area contributed by atoms with Gasteiger partial charge in [0.25, 0.3) is 0 Å². The van der Waals surface area contributed by atoms with Gasteiger partial charge in [-0.15, -0.1) is 0 Å². The first-order chi connectivity index (χ1) is 6.60. The molecule has 0 bridgehead atoms. The standard InChI is InChI=1S/C11H17NO2/c1-8-5-10(12(3)7-13)6-9(2)11(8)14-4/h5-6,13H,7H2,1-4H3. The zero-order valence-electron chi connectivity index (χ0n) is 9.16. The van der Waals surface area contributed by atoms with E-state index in [0.717, 1.165) is 22.6 Å². The fraction of sp³-hybridized carbons (Fsp3) is 0.455. The lowest BCUT2D eigenvalue weighted by atomic mass is 10.1. The molecule has 1 N–H and O–H groups in total. The molecule has 0 atom stereocenters. The van der Waals surface area contributed by atoms with Gasteiger partial charge in [-0.05, 0) is 37.1 Å². The summed E-state index contributed by atoms with van der Waals surface area (Å²) in [7, 11) is 3.52. The van der Waals surface area contributed by atoms with Crippen LogP contribution >= 0.6 is 0 Å². The Labute approximate surface area is 84.9 Å². The highest BCUT2D eigenvalue weighted by molar-refractivity contribution is 5.56.